The molecule has 1 fully saturated rings. The number of aliphatic hydroxyl groups excluding tert-OH is 1. The zero-order valence-electron chi connectivity index (χ0n) is 20.6. The van der Waals surface area contributed by atoms with Crippen molar-refractivity contribution in [1.29, 1.82) is 0 Å². The largest absolute Gasteiger partial charge is 0.507 e. The van der Waals surface area contributed by atoms with Crippen molar-refractivity contribution < 1.29 is 24.2 Å². The molecular formula is C29H28ClNO5. The van der Waals surface area contributed by atoms with Crippen LogP contribution >= 0.6 is 11.6 Å². The summed E-state index contributed by atoms with van der Waals surface area (Å²) in [5.74, 6) is -0.551. The van der Waals surface area contributed by atoms with E-state index in [4.69, 9.17) is 21.1 Å². The van der Waals surface area contributed by atoms with Gasteiger partial charge in [-0.05, 0) is 66.4 Å². The van der Waals surface area contributed by atoms with Gasteiger partial charge >= 0.3 is 0 Å². The number of aliphatic hydroxyl groups is 1. The van der Waals surface area contributed by atoms with Crippen LogP contribution in [0.15, 0.2) is 72.3 Å². The Morgan fingerprint density at radius 3 is 2.42 bits per heavy atom. The Morgan fingerprint density at radius 1 is 1.06 bits per heavy atom. The van der Waals surface area contributed by atoms with E-state index in [2.05, 4.69) is 13.8 Å². The Hall–Kier alpha value is -3.77. The lowest BCUT2D eigenvalue weighted by atomic mass is 9.94. The van der Waals surface area contributed by atoms with Crippen LogP contribution in [0.4, 0.5) is 5.69 Å². The van der Waals surface area contributed by atoms with Crippen LogP contribution in [0, 0.1) is 0 Å². The molecule has 3 aromatic rings. The molecule has 6 nitrogen and oxygen atoms in total. The zero-order chi connectivity index (χ0) is 26.0. The number of hydrogen-bond donors (Lipinski definition) is 1. The summed E-state index contributed by atoms with van der Waals surface area (Å²) < 4.78 is 10.9. The highest BCUT2D eigenvalue weighted by Crippen LogP contribution is 2.43. The van der Waals surface area contributed by atoms with Crippen molar-refractivity contribution in [2.24, 2.45) is 0 Å². The van der Waals surface area contributed by atoms with Gasteiger partial charge in [0, 0.05) is 11.3 Å². The molecule has 186 valence electrons. The van der Waals surface area contributed by atoms with Crippen molar-refractivity contribution in [1.82, 2.24) is 0 Å². The van der Waals surface area contributed by atoms with Gasteiger partial charge in [0.2, 0.25) is 0 Å². The molecule has 1 amide bonds. The van der Waals surface area contributed by atoms with Crippen molar-refractivity contribution in [2.45, 2.75) is 32.7 Å². The Labute approximate surface area is 215 Å². The maximum Gasteiger partial charge on any atom is 0.300 e. The molecule has 0 aliphatic carbocycles. The molecule has 0 bridgehead atoms. The van der Waals surface area contributed by atoms with Crippen molar-refractivity contribution in [3.05, 3.63) is 94.0 Å². The van der Waals surface area contributed by atoms with Crippen molar-refractivity contribution in [2.75, 3.05) is 18.6 Å². The Morgan fingerprint density at radius 2 is 1.78 bits per heavy atom. The number of carbonyl (C=O) groups is 2. The standard InChI is InChI=1S/C29H28ClNO5/c1-5-36-22-8-6-7-19(15-22)26-25(27(32)20-11-14-23(30)24(16-20)35-4)28(33)29(34)31(26)21-12-9-18(10-13-21)17(2)3/h6-17,26,32H,5H2,1-4H3/b27-25-. The van der Waals surface area contributed by atoms with Crippen molar-refractivity contribution >= 4 is 34.7 Å². The van der Waals surface area contributed by atoms with Gasteiger partial charge in [0.1, 0.15) is 17.3 Å². The fraction of sp³-hybridized carbons (Fsp3) is 0.241. The summed E-state index contributed by atoms with van der Waals surface area (Å²) in [6, 6.07) is 18.6. The molecule has 4 rings (SSSR count). The number of carbonyl (C=O) groups excluding carboxylic acids is 2. The lowest BCUT2D eigenvalue weighted by Gasteiger charge is -2.26. The van der Waals surface area contributed by atoms with Crippen LogP contribution in [0.1, 0.15) is 49.4 Å². The minimum Gasteiger partial charge on any atom is -0.507 e. The number of ketones is 1. The van der Waals surface area contributed by atoms with Gasteiger partial charge in [-0.2, -0.15) is 0 Å². The first-order chi connectivity index (χ1) is 17.3. The highest BCUT2D eigenvalue weighted by atomic mass is 35.5. The second kappa shape index (κ2) is 10.5. The second-order valence-electron chi connectivity index (χ2n) is 8.77. The van der Waals surface area contributed by atoms with E-state index in [1.807, 2.05) is 37.3 Å². The summed E-state index contributed by atoms with van der Waals surface area (Å²) in [4.78, 5) is 28.2. The third-order valence-electron chi connectivity index (χ3n) is 6.19. The lowest BCUT2D eigenvalue weighted by Crippen LogP contribution is -2.29. The number of anilines is 1. The number of Topliss-reactive ketones (excluding diaryl/α,β-unsaturated/α-hetero) is 1. The van der Waals surface area contributed by atoms with Crippen LogP contribution in [-0.4, -0.2) is 30.5 Å². The average molecular weight is 506 g/mol. The first-order valence-corrected chi connectivity index (χ1v) is 12.1. The first kappa shape index (κ1) is 25.3. The molecular weight excluding hydrogens is 478 g/mol. The summed E-state index contributed by atoms with van der Waals surface area (Å²) in [5.41, 5.74) is 2.59. The number of ether oxygens (including phenoxy) is 2. The minimum absolute atomic E-state index is 0.0223. The molecule has 1 heterocycles. The number of methoxy groups -OCH3 is 1. The number of rotatable bonds is 7. The van der Waals surface area contributed by atoms with Gasteiger partial charge in [0.25, 0.3) is 11.7 Å². The van der Waals surface area contributed by atoms with Crippen LogP contribution in [0.2, 0.25) is 5.02 Å². The van der Waals surface area contributed by atoms with Gasteiger partial charge in [-0.1, -0.05) is 49.7 Å². The maximum absolute atomic E-state index is 13.4. The Kier molecular flexibility index (Phi) is 7.36. The molecule has 1 N–H and O–H groups in total. The third-order valence-corrected chi connectivity index (χ3v) is 6.50. The summed E-state index contributed by atoms with van der Waals surface area (Å²) >= 11 is 6.16. The van der Waals surface area contributed by atoms with Gasteiger partial charge in [-0.3, -0.25) is 14.5 Å². The fourth-order valence-corrected chi connectivity index (χ4v) is 4.53. The van der Waals surface area contributed by atoms with Gasteiger partial charge in [0.05, 0.1) is 30.4 Å². The lowest BCUT2D eigenvalue weighted by molar-refractivity contribution is -0.132. The number of benzene rings is 3. The molecule has 7 heteroatoms. The summed E-state index contributed by atoms with van der Waals surface area (Å²) in [6.07, 6.45) is 0. The van der Waals surface area contributed by atoms with Gasteiger partial charge in [-0.15, -0.1) is 0 Å². The van der Waals surface area contributed by atoms with E-state index < -0.39 is 17.7 Å². The summed E-state index contributed by atoms with van der Waals surface area (Å²) in [5, 5.41) is 11.7. The predicted octanol–water partition coefficient (Wildman–Crippen LogP) is 6.50. The van der Waals surface area contributed by atoms with Crippen LogP contribution in [0.25, 0.3) is 5.76 Å². The highest BCUT2D eigenvalue weighted by Gasteiger charge is 2.47. The number of hydrogen-bond acceptors (Lipinski definition) is 5. The van der Waals surface area contributed by atoms with Crippen LogP contribution < -0.4 is 14.4 Å². The maximum atomic E-state index is 13.4. The van der Waals surface area contributed by atoms with Crippen LogP contribution in [-0.2, 0) is 9.59 Å². The van der Waals surface area contributed by atoms with E-state index >= 15 is 0 Å². The highest BCUT2D eigenvalue weighted by molar-refractivity contribution is 6.51. The zero-order valence-corrected chi connectivity index (χ0v) is 21.4. The molecule has 0 radical (unpaired) electrons. The summed E-state index contributed by atoms with van der Waals surface area (Å²) in [7, 11) is 1.46. The van der Waals surface area contributed by atoms with E-state index in [0.717, 1.165) is 5.56 Å². The van der Waals surface area contributed by atoms with Crippen LogP contribution in [0.5, 0.6) is 11.5 Å². The molecule has 0 spiro atoms. The van der Waals surface area contributed by atoms with E-state index in [9.17, 15) is 14.7 Å². The molecule has 1 atom stereocenters. The van der Waals surface area contributed by atoms with E-state index in [-0.39, 0.29) is 11.3 Å². The predicted molar refractivity (Wildman–Crippen MR) is 141 cm³/mol. The number of halogens is 1. The van der Waals surface area contributed by atoms with E-state index in [1.54, 1.807) is 30.3 Å². The quantitative estimate of drug-likeness (QED) is 0.225. The second-order valence-corrected chi connectivity index (χ2v) is 9.18. The topological polar surface area (TPSA) is 76.1 Å². The van der Waals surface area contributed by atoms with E-state index in [1.165, 1.54) is 18.1 Å². The molecule has 0 saturated carbocycles. The first-order valence-electron chi connectivity index (χ1n) is 11.7. The Balaban J connectivity index is 1.92. The molecule has 1 aliphatic heterocycles. The average Bonchev–Trinajstić information content (AvgIpc) is 3.14. The molecule has 1 unspecified atom stereocenters. The molecule has 0 aromatic heterocycles. The van der Waals surface area contributed by atoms with Crippen LogP contribution in [0.3, 0.4) is 0 Å². The fourth-order valence-electron chi connectivity index (χ4n) is 4.34. The number of nitrogens with zero attached hydrogens (tertiary/aromatic N) is 1. The normalized spacial score (nSPS) is 17.1. The van der Waals surface area contributed by atoms with Gasteiger partial charge in [0.15, 0.2) is 0 Å². The molecule has 1 saturated heterocycles. The molecule has 1 aliphatic rings. The van der Waals surface area contributed by atoms with Gasteiger partial charge in [-0.25, -0.2) is 0 Å². The van der Waals surface area contributed by atoms with Crippen molar-refractivity contribution in [3.63, 3.8) is 0 Å². The minimum atomic E-state index is -0.864. The monoisotopic (exact) mass is 505 g/mol. The van der Waals surface area contributed by atoms with Gasteiger partial charge < -0.3 is 14.6 Å². The van der Waals surface area contributed by atoms with Crippen molar-refractivity contribution in [3.8, 4) is 11.5 Å². The van der Waals surface area contributed by atoms with E-state index in [0.29, 0.717) is 45.9 Å². The number of amides is 1. The molecule has 36 heavy (non-hydrogen) atoms. The molecule has 3 aromatic carbocycles. The Bertz CT molecular complexity index is 1330. The SMILES string of the molecule is CCOc1cccc(C2/C(=C(/O)c3ccc(Cl)c(OC)c3)C(=O)C(=O)N2c2ccc(C(C)C)cc2)c1. The summed E-state index contributed by atoms with van der Waals surface area (Å²) in [6.45, 7) is 6.51. The smallest absolute Gasteiger partial charge is 0.300 e. The third kappa shape index (κ3) is 4.69.